The van der Waals surface area contributed by atoms with Crippen LogP contribution in [0.15, 0.2) is 24.3 Å². The van der Waals surface area contributed by atoms with Crippen LogP contribution in [0.1, 0.15) is 12.0 Å². The second kappa shape index (κ2) is 5.61. The van der Waals surface area contributed by atoms with Gasteiger partial charge in [0.25, 0.3) is 0 Å². The number of aliphatic carboxylic acids is 1. The molecule has 0 aliphatic rings. The molecular weight excluding hydrogens is 216 g/mol. The standard InChI is InChI=1S/C11H13ClO3/c1-15-10-4-2-8(3-5-10)6-9(12)7-11(13)14/h2-5,9H,6-7H2,1H3,(H,13,14). The molecule has 4 heteroatoms. The van der Waals surface area contributed by atoms with Gasteiger partial charge in [0.15, 0.2) is 0 Å². The number of alkyl halides is 1. The highest BCUT2D eigenvalue weighted by molar-refractivity contribution is 6.21. The number of carboxylic acid groups (broad SMARTS) is 1. The fraction of sp³-hybridized carbons (Fsp3) is 0.364. The largest absolute Gasteiger partial charge is 0.497 e. The van der Waals surface area contributed by atoms with E-state index in [2.05, 4.69) is 0 Å². The van der Waals surface area contributed by atoms with E-state index in [0.29, 0.717) is 6.42 Å². The Hall–Kier alpha value is -1.22. The summed E-state index contributed by atoms with van der Waals surface area (Å²) >= 11 is 5.87. The van der Waals surface area contributed by atoms with Crippen molar-refractivity contribution < 1.29 is 14.6 Å². The second-order valence-corrected chi connectivity index (χ2v) is 3.86. The average molecular weight is 229 g/mol. The summed E-state index contributed by atoms with van der Waals surface area (Å²) in [5.41, 5.74) is 1.01. The van der Waals surface area contributed by atoms with Gasteiger partial charge in [0, 0.05) is 5.38 Å². The van der Waals surface area contributed by atoms with E-state index in [1.54, 1.807) is 7.11 Å². The van der Waals surface area contributed by atoms with Gasteiger partial charge >= 0.3 is 5.97 Å². The van der Waals surface area contributed by atoms with Gasteiger partial charge in [-0.15, -0.1) is 11.6 Å². The number of carbonyl (C=O) groups is 1. The number of rotatable bonds is 5. The van der Waals surface area contributed by atoms with E-state index in [0.717, 1.165) is 11.3 Å². The van der Waals surface area contributed by atoms with Crippen molar-refractivity contribution in [3.8, 4) is 5.75 Å². The third kappa shape index (κ3) is 4.21. The lowest BCUT2D eigenvalue weighted by Gasteiger charge is -2.07. The number of hydrogen-bond acceptors (Lipinski definition) is 2. The molecule has 1 rings (SSSR count). The summed E-state index contributed by atoms with van der Waals surface area (Å²) < 4.78 is 5.01. The molecule has 1 unspecified atom stereocenters. The molecule has 0 radical (unpaired) electrons. The summed E-state index contributed by atoms with van der Waals surface area (Å²) in [7, 11) is 1.60. The van der Waals surface area contributed by atoms with Gasteiger partial charge in [0.1, 0.15) is 5.75 Å². The number of hydrogen-bond donors (Lipinski definition) is 1. The predicted molar refractivity (Wildman–Crippen MR) is 58.6 cm³/mol. The Morgan fingerprint density at radius 2 is 2.07 bits per heavy atom. The highest BCUT2D eigenvalue weighted by atomic mass is 35.5. The lowest BCUT2D eigenvalue weighted by molar-refractivity contribution is -0.137. The Labute approximate surface area is 93.6 Å². The number of halogens is 1. The smallest absolute Gasteiger partial charge is 0.304 e. The van der Waals surface area contributed by atoms with Crippen molar-refractivity contribution >= 4 is 17.6 Å². The Morgan fingerprint density at radius 3 is 2.53 bits per heavy atom. The van der Waals surface area contributed by atoms with Crippen molar-refractivity contribution in [2.45, 2.75) is 18.2 Å². The summed E-state index contributed by atoms with van der Waals surface area (Å²) in [6, 6.07) is 7.44. The number of methoxy groups -OCH3 is 1. The fourth-order valence-corrected chi connectivity index (χ4v) is 1.59. The normalized spacial score (nSPS) is 12.1. The van der Waals surface area contributed by atoms with E-state index < -0.39 is 5.97 Å². The average Bonchev–Trinajstić information content (AvgIpc) is 2.17. The monoisotopic (exact) mass is 228 g/mol. The summed E-state index contributed by atoms with van der Waals surface area (Å²) in [5.74, 6) is -0.0911. The molecule has 3 nitrogen and oxygen atoms in total. The lowest BCUT2D eigenvalue weighted by atomic mass is 10.1. The van der Waals surface area contributed by atoms with Crippen LogP contribution in [-0.4, -0.2) is 23.6 Å². The van der Waals surface area contributed by atoms with E-state index in [4.69, 9.17) is 21.4 Å². The zero-order chi connectivity index (χ0) is 11.3. The van der Waals surface area contributed by atoms with E-state index in [1.807, 2.05) is 24.3 Å². The van der Waals surface area contributed by atoms with Crippen molar-refractivity contribution in [1.82, 2.24) is 0 Å². The van der Waals surface area contributed by atoms with Crippen LogP contribution in [0.3, 0.4) is 0 Å². The number of ether oxygens (including phenoxy) is 1. The van der Waals surface area contributed by atoms with E-state index >= 15 is 0 Å². The van der Waals surface area contributed by atoms with Crippen LogP contribution in [0.2, 0.25) is 0 Å². The molecule has 1 N–H and O–H groups in total. The van der Waals surface area contributed by atoms with E-state index in [1.165, 1.54) is 0 Å². The molecule has 0 saturated carbocycles. The van der Waals surface area contributed by atoms with Crippen LogP contribution < -0.4 is 4.74 Å². The molecule has 1 aromatic rings. The molecule has 1 atom stereocenters. The predicted octanol–water partition coefficient (Wildman–Crippen LogP) is 2.32. The molecule has 0 fully saturated rings. The van der Waals surface area contributed by atoms with Crippen LogP contribution in [0.4, 0.5) is 0 Å². The topological polar surface area (TPSA) is 46.5 Å². The molecule has 1 aromatic carbocycles. The molecule has 82 valence electrons. The summed E-state index contributed by atoms with van der Waals surface area (Å²) in [6.45, 7) is 0. The molecule has 15 heavy (non-hydrogen) atoms. The molecular formula is C11H13ClO3. The van der Waals surface area contributed by atoms with Gasteiger partial charge in [-0.05, 0) is 24.1 Å². The zero-order valence-corrected chi connectivity index (χ0v) is 9.20. The first-order valence-corrected chi connectivity index (χ1v) is 5.04. The van der Waals surface area contributed by atoms with Crippen LogP contribution in [0, 0.1) is 0 Å². The third-order valence-electron chi connectivity index (χ3n) is 2.01. The quantitative estimate of drug-likeness (QED) is 0.787. The molecule has 0 bridgehead atoms. The van der Waals surface area contributed by atoms with Crippen LogP contribution in [-0.2, 0) is 11.2 Å². The Balaban J connectivity index is 2.53. The number of benzene rings is 1. The van der Waals surface area contributed by atoms with Crippen molar-refractivity contribution in [2.24, 2.45) is 0 Å². The van der Waals surface area contributed by atoms with Crippen molar-refractivity contribution in [2.75, 3.05) is 7.11 Å². The first-order chi connectivity index (χ1) is 7.11. The van der Waals surface area contributed by atoms with Gasteiger partial charge in [-0.3, -0.25) is 4.79 Å². The SMILES string of the molecule is COc1ccc(CC(Cl)CC(=O)O)cc1. The Morgan fingerprint density at radius 1 is 1.47 bits per heavy atom. The highest BCUT2D eigenvalue weighted by Gasteiger charge is 2.10. The summed E-state index contributed by atoms with van der Waals surface area (Å²) in [5, 5.41) is 8.17. The molecule has 0 saturated heterocycles. The summed E-state index contributed by atoms with van der Waals surface area (Å²) in [6.07, 6.45) is 0.533. The van der Waals surface area contributed by atoms with Gasteiger partial charge < -0.3 is 9.84 Å². The Kier molecular flexibility index (Phi) is 4.43. The van der Waals surface area contributed by atoms with Gasteiger partial charge in [0.2, 0.25) is 0 Å². The van der Waals surface area contributed by atoms with Crippen LogP contribution >= 0.6 is 11.6 Å². The minimum absolute atomic E-state index is 0.0203. The molecule has 0 heterocycles. The minimum Gasteiger partial charge on any atom is -0.497 e. The first-order valence-electron chi connectivity index (χ1n) is 4.60. The van der Waals surface area contributed by atoms with Gasteiger partial charge in [0.05, 0.1) is 13.5 Å². The maximum absolute atomic E-state index is 10.4. The molecule has 0 aliphatic carbocycles. The van der Waals surface area contributed by atoms with Crippen LogP contribution in [0.5, 0.6) is 5.75 Å². The number of carboxylic acids is 1. The second-order valence-electron chi connectivity index (χ2n) is 3.25. The van der Waals surface area contributed by atoms with E-state index in [-0.39, 0.29) is 11.8 Å². The van der Waals surface area contributed by atoms with Crippen molar-refractivity contribution in [3.05, 3.63) is 29.8 Å². The summed E-state index contributed by atoms with van der Waals surface area (Å²) in [4.78, 5) is 10.4. The van der Waals surface area contributed by atoms with Gasteiger partial charge in [-0.25, -0.2) is 0 Å². The highest BCUT2D eigenvalue weighted by Crippen LogP contribution is 2.15. The third-order valence-corrected chi connectivity index (χ3v) is 2.32. The fourth-order valence-electron chi connectivity index (χ4n) is 1.28. The van der Waals surface area contributed by atoms with Crippen molar-refractivity contribution in [3.63, 3.8) is 0 Å². The van der Waals surface area contributed by atoms with Crippen molar-refractivity contribution in [1.29, 1.82) is 0 Å². The maximum atomic E-state index is 10.4. The lowest BCUT2D eigenvalue weighted by Crippen LogP contribution is -2.09. The Bertz CT molecular complexity index is 321. The van der Waals surface area contributed by atoms with Gasteiger partial charge in [-0.1, -0.05) is 12.1 Å². The molecule has 0 spiro atoms. The zero-order valence-electron chi connectivity index (χ0n) is 8.44. The first kappa shape index (κ1) is 11.9. The maximum Gasteiger partial charge on any atom is 0.304 e. The van der Waals surface area contributed by atoms with Gasteiger partial charge in [-0.2, -0.15) is 0 Å². The molecule has 0 amide bonds. The molecule has 0 aliphatic heterocycles. The minimum atomic E-state index is -0.872. The molecule has 0 aromatic heterocycles. The van der Waals surface area contributed by atoms with E-state index in [9.17, 15) is 4.79 Å². The van der Waals surface area contributed by atoms with Crippen LogP contribution in [0.25, 0.3) is 0 Å².